The van der Waals surface area contributed by atoms with E-state index in [1.807, 2.05) is 17.4 Å². The van der Waals surface area contributed by atoms with Gasteiger partial charge in [-0.25, -0.2) is 4.98 Å². The van der Waals surface area contributed by atoms with Gasteiger partial charge < -0.3 is 9.32 Å². The third kappa shape index (κ3) is 5.25. The van der Waals surface area contributed by atoms with Crippen LogP contribution in [0.25, 0.3) is 75.8 Å². The minimum absolute atomic E-state index is 0.626. The fourth-order valence-corrected chi connectivity index (χ4v) is 8.23. The maximum Gasteiger partial charge on any atom is 0.227 e. The number of rotatable bonds is 6. The van der Waals surface area contributed by atoms with E-state index in [-0.39, 0.29) is 0 Å². The minimum atomic E-state index is 0.626. The number of hydrogen-bond donors (Lipinski definition) is 0. The first-order valence-electron chi connectivity index (χ1n) is 17.1. The van der Waals surface area contributed by atoms with Gasteiger partial charge in [0.1, 0.15) is 5.52 Å². The van der Waals surface area contributed by atoms with E-state index in [4.69, 9.17) is 9.40 Å². The largest absolute Gasteiger partial charge is 0.435 e. The van der Waals surface area contributed by atoms with Gasteiger partial charge in [0.15, 0.2) is 5.58 Å². The predicted octanol–water partition coefficient (Wildman–Crippen LogP) is 13.8. The van der Waals surface area contributed by atoms with Crippen LogP contribution in [-0.4, -0.2) is 4.98 Å². The van der Waals surface area contributed by atoms with Gasteiger partial charge in [-0.15, -0.1) is 11.3 Å². The molecule has 2 aromatic heterocycles. The number of para-hydroxylation sites is 1. The fraction of sp³-hybridized carbons (Fsp3) is 0. The highest BCUT2D eigenvalue weighted by molar-refractivity contribution is 7.25. The van der Waals surface area contributed by atoms with E-state index < -0.39 is 0 Å². The highest BCUT2D eigenvalue weighted by Gasteiger charge is 2.17. The molecule has 51 heavy (non-hydrogen) atoms. The van der Waals surface area contributed by atoms with Crippen LogP contribution >= 0.6 is 11.3 Å². The SMILES string of the molecule is c1ccc(-c2ccc(N(c3ccc(-c4cccc5nc(-c6ccc7ccccc7c6)oc45)cc3)c3ccc4sc5ccccc5c4c3)cc2)cc1. The number of fused-ring (bicyclic) bond motifs is 5. The number of aromatic nitrogens is 1. The lowest BCUT2D eigenvalue weighted by Crippen LogP contribution is -2.09. The average molecular weight is 671 g/mol. The van der Waals surface area contributed by atoms with Crippen LogP contribution in [0.3, 0.4) is 0 Å². The summed E-state index contributed by atoms with van der Waals surface area (Å²) in [5, 5.41) is 4.92. The molecule has 0 amide bonds. The molecule has 10 aromatic rings. The summed E-state index contributed by atoms with van der Waals surface area (Å²) in [6, 6.07) is 64.6. The summed E-state index contributed by atoms with van der Waals surface area (Å²) in [7, 11) is 0. The van der Waals surface area contributed by atoms with Crippen molar-refractivity contribution in [3.05, 3.63) is 182 Å². The summed E-state index contributed by atoms with van der Waals surface area (Å²) >= 11 is 1.84. The molecule has 0 unspecified atom stereocenters. The Kier molecular flexibility index (Phi) is 7.00. The van der Waals surface area contributed by atoms with Crippen LogP contribution in [0.1, 0.15) is 0 Å². The Labute approximate surface area is 299 Å². The molecule has 0 N–H and O–H groups in total. The van der Waals surface area contributed by atoms with Gasteiger partial charge >= 0.3 is 0 Å². The van der Waals surface area contributed by atoms with Crippen molar-refractivity contribution in [2.24, 2.45) is 0 Å². The second-order valence-electron chi connectivity index (χ2n) is 12.8. The van der Waals surface area contributed by atoms with Gasteiger partial charge in [0.25, 0.3) is 0 Å². The van der Waals surface area contributed by atoms with Gasteiger partial charge in [-0.1, -0.05) is 115 Å². The number of thiophene rings is 1. The first-order valence-corrected chi connectivity index (χ1v) is 17.9. The summed E-state index contributed by atoms with van der Waals surface area (Å²) in [5.74, 6) is 0.626. The number of benzene rings is 8. The number of nitrogens with zero attached hydrogens (tertiary/aromatic N) is 2. The molecule has 0 radical (unpaired) electrons. The maximum atomic E-state index is 6.50. The molecule has 0 saturated heterocycles. The zero-order valence-electron chi connectivity index (χ0n) is 27.5. The van der Waals surface area contributed by atoms with Crippen molar-refractivity contribution >= 4 is 70.4 Å². The van der Waals surface area contributed by atoms with Gasteiger partial charge in [-0.05, 0) is 94.2 Å². The highest BCUT2D eigenvalue weighted by atomic mass is 32.1. The lowest BCUT2D eigenvalue weighted by Gasteiger charge is -2.26. The van der Waals surface area contributed by atoms with E-state index in [0.29, 0.717) is 5.89 Å². The van der Waals surface area contributed by atoms with Crippen LogP contribution in [-0.2, 0) is 0 Å². The highest BCUT2D eigenvalue weighted by Crippen LogP contribution is 2.42. The summed E-state index contributed by atoms with van der Waals surface area (Å²) in [6.07, 6.45) is 0. The Morgan fingerprint density at radius 2 is 1.08 bits per heavy atom. The second-order valence-corrected chi connectivity index (χ2v) is 13.9. The average Bonchev–Trinajstić information content (AvgIpc) is 3.81. The van der Waals surface area contributed by atoms with Gasteiger partial charge in [-0.2, -0.15) is 0 Å². The normalized spacial score (nSPS) is 11.5. The Hall–Kier alpha value is -6.49. The quantitative estimate of drug-likeness (QED) is 0.176. The predicted molar refractivity (Wildman–Crippen MR) is 215 cm³/mol. The minimum Gasteiger partial charge on any atom is -0.435 e. The van der Waals surface area contributed by atoms with Gasteiger partial charge in [0, 0.05) is 48.4 Å². The lowest BCUT2D eigenvalue weighted by atomic mass is 10.0. The molecule has 0 aliphatic heterocycles. The zero-order chi connectivity index (χ0) is 33.7. The standard InChI is InChI=1S/C47H30N2OS/c1-2-9-31(10-3-1)33-19-23-37(24-20-33)49(39-27-28-45-42(30-39)41-13-6-7-16-44(41)51-45)38-25-21-34(22-26-38)40-14-8-15-43-46(40)50-47(48-43)36-18-17-32-11-4-5-12-35(32)29-36/h1-30H. The molecule has 0 saturated carbocycles. The first-order chi connectivity index (χ1) is 25.2. The summed E-state index contributed by atoms with van der Waals surface area (Å²) in [5.41, 5.74) is 10.4. The summed E-state index contributed by atoms with van der Waals surface area (Å²) in [4.78, 5) is 7.24. The maximum absolute atomic E-state index is 6.50. The molecule has 0 aliphatic rings. The summed E-state index contributed by atoms with van der Waals surface area (Å²) < 4.78 is 9.09. The van der Waals surface area contributed by atoms with Gasteiger partial charge in [0.2, 0.25) is 5.89 Å². The van der Waals surface area contributed by atoms with Crippen LogP contribution in [0.15, 0.2) is 186 Å². The molecule has 0 aliphatic carbocycles. The third-order valence-electron chi connectivity index (χ3n) is 9.70. The molecule has 0 atom stereocenters. The molecular formula is C47H30N2OS. The molecule has 0 spiro atoms. The molecule has 2 heterocycles. The molecule has 8 aromatic carbocycles. The number of oxazole rings is 1. The van der Waals surface area contributed by atoms with Crippen LogP contribution in [0.2, 0.25) is 0 Å². The van der Waals surface area contributed by atoms with Crippen molar-refractivity contribution in [3.63, 3.8) is 0 Å². The smallest absolute Gasteiger partial charge is 0.227 e. The molecule has 240 valence electrons. The second kappa shape index (κ2) is 12.1. The first kappa shape index (κ1) is 29.4. The van der Waals surface area contributed by atoms with Crippen LogP contribution < -0.4 is 4.90 Å². The van der Waals surface area contributed by atoms with E-state index in [2.05, 4.69) is 181 Å². The Bertz CT molecular complexity index is 2850. The van der Waals surface area contributed by atoms with Crippen molar-refractivity contribution in [3.8, 4) is 33.7 Å². The molecular weight excluding hydrogens is 641 g/mol. The van der Waals surface area contributed by atoms with E-state index in [1.165, 1.54) is 42.1 Å². The molecule has 0 bridgehead atoms. The van der Waals surface area contributed by atoms with Crippen molar-refractivity contribution in [2.75, 3.05) is 4.90 Å². The Balaban J connectivity index is 1.05. The molecule has 10 rings (SSSR count). The van der Waals surface area contributed by atoms with Crippen LogP contribution in [0.5, 0.6) is 0 Å². The van der Waals surface area contributed by atoms with Crippen molar-refractivity contribution in [2.45, 2.75) is 0 Å². The zero-order valence-corrected chi connectivity index (χ0v) is 28.3. The van der Waals surface area contributed by atoms with E-state index in [0.717, 1.165) is 44.9 Å². The van der Waals surface area contributed by atoms with E-state index >= 15 is 0 Å². The van der Waals surface area contributed by atoms with Crippen molar-refractivity contribution in [1.29, 1.82) is 0 Å². The lowest BCUT2D eigenvalue weighted by molar-refractivity contribution is 0.621. The van der Waals surface area contributed by atoms with Crippen molar-refractivity contribution < 1.29 is 4.42 Å². The molecule has 4 heteroatoms. The van der Waals surface area contributed by atoms with Crippen molar-refractivity contribution in [1.82, 2.24) is 4.98 Å². The Morgan fingerprint density at radius 1 is 0.431 bits per heavy atom. The number of anilines is 3. The topological polar surface area (TPSA) is 29.3 Å². The third-order valence-corrected chi connectivity index (χ3v) is 10.9. The van der Waals surface area contributed by atoms with E-state index in [1.54, 1.807) is 0 Å². The van der Waals surface area contributed by atoms with Gasteiger partial charge in [-0.3, -0.25) is 0 Å². The van der Waals surface area contributed by atoms with E-state index in [9.17, 15) is 0 Å². The van der Waals surface area contributed by atoms with Crippen LogP contribution in [0, 0.1) is 0 Å². The van der Waals surface area contributed by atoms with Gasteiger partial charge in [0.05, 0.1) is 0 Å². The fourth-order valence-electron chi connectivity index (χ4n) is 7.15. The molecule has 0 fully saturated rings. The monoisotopic (exact) mass is 670 g/mol. The Morgan fingerprint density at radius 3 is 1.90 bits per heavy atom. The summed E-state index contributed by atoms with van der Waals surface area (Å²) in [6.45, 7) is 0. The number of hydrogen-bond acceptors (Lipinski definition) is 4. The molecule has 3 nitrogen and oxygen atoms in total. The van der Waals surface area contributed by atoms with Crippen LogP contribution in [0.4, 0.5) is 17.1 Å².